The molecular weight excluding hydrogens is 735 g/mol. The summed E-state index contributed by atoms with van der Waals surface area (Å²) in [5.74, 6) is 13.5. The quantitative estimate of drug-likeness (QED) is 0.0291. The smallest absolute Gasteiger partial charge is 0.0634 e. The molecule has 2 nitrogen and oxygen atoms in total. The van der Waals surface area contributed by atoms with Crippen LogP contribution in [0.15, 0.2) is 58.5 Å². The molecule has 57 heavy (non-hydrogen) atoms. The second-order valence-electron chi connectivity index (χ2n) is 16.4. The fourth-order valence-corrected chi connectivity index (χ4v) is 7.22. The van der Waals surface area contributed by atoms with Crippen molar-refractivity contribution in [1.29, 1.82) is 0 Å². The number of aliphatic imine (C=N–C) groups is 2. The van der Waals surface area contributed by atoms with Crippen molar-refractivity contribution in [3.05, 3.63) is 59.7 Å². The van der Waals surface area contributed by atoms with Gasteiger partial charge >= 0.3 is 0 Å². The van der Waals surface area contributed by atoms with E-state index < -0.39 is 0 Å². The van der Waals surface area contributed by atoms with Crippen LogP contribution in [0.2, 0.25) is 0 Å². The Bertz CT molecular complexity index is 1370. The van der Waals surface area contributed by atoms with Crippen molar-refractivity contribution >= 4 is 23.3 Å². The van der Waals surface area contributed by atoms with E-state index in [0.29, 0.717) is 0 Å². The number of rotatable bonds is 34. The summed E-state index contributed by atoms with van der Waals surface area (Å²) in [6.07, 6.45) is 46.1. The fourth-order valence-electron chi connectivity index (χ4n) is 7.22. The van der Waals surface area contributed by atoms with Crippen LogP contribution in [0.25, 0.3) is 0 Å². The number of hydrogen-bond acceptors (Lipinski definition) is 2. The summed E-state index contributed by atoms with van der Waals surface area (Å²) in [6.45, 7) is 6.81. The molecule has 0 amide bonds. The Morgan fingerprint density at radius 2 is 0.719 bits per heavy atom. The van der Waals surface area contributed by atoms with Crippen LogP contribution in [0.4, 0.5) is 11.4 Å². The molecule has 3 heteroatoms. The van der Waals surface area contributed by atoms with E-state index in [0.717, 1.165) is 60.3 Å². The van der Waals surface area contributed by atoms with Crippen molar-refractivity contribution in [2.75, 3.05) is 0 Å². The summed E-state index contributed by atoms with van der Waals surface area (Å²) in [5.41, 5.74) is 5.05. The van der Waals surface area contributed by atoms with Crippen molar-refractivity contribution in [3.8, 4) is 23.7 Å². The minimum absolute atomic E-state index is 0. The average molecular weight is 820 g/mol. The third kappa shape index (κ3) is 32.0. The van der Waals surface area contributed by atoms with Crippen LogP contribution in [0.5, 0.6) is 0 Å². The van der Waals surface area contributed by atoms with Gasteiger partial charge in [-0.05, 0) is 74.2 Å². The third-order valence-corrected chi connectivity index (χ3v) is 10.9. The topological polar surface area (TPSA) is 24.7 Å². The second-order valence-corrected chi connectivity index (χ2v) is 16.4. The van der Waals surface area contributed by atoms with E-state index in [1.54, 1.807) is 0 Å². The zero-order valence-corrected chi connectivity index (χ0v) is 38.2. The van der Waals surface area contributed by atoms with Crippen molar-refractivity contribution in [2.45, 2.75) is 233 Å². The van der Waals surface area contributed by atoms with Crippen molar-refractivity contribution < 1.29 is 16.5 Å². The van der Waals surface area contributed by atoms with Crippen molar-refractivity contribution in [1.82, 2.24) is 0 Å². The van der Waals surface area contributed by atoms with Gasteiger partial charge in [-0.15, -0.1) is 0 Å². The standard InChI is InChI=1S/C54H84N2.Ni/c1-4-7-10-12-14-16-18-20-22-24-26-28-30-32-34-36-38-50-41-45-52(46-42-50)55-49-54(40-9-6-3)56-53-47-43-51(44-48-53)39-37-35-33-31-29-27-25-23-21-19-17-15-13-11-8-5-2;/h41-49H,4-35,40H2,1-3H3;. The van der Waals surface area contributed by atoms with E-state index in [-0.39, 0.29) is 16.5 Å². The Hall–Kier alpha value is -2.61. The summed E-state index contributed by atoms with van der Waals surface area (Å²) in [6, 6.07) is 16.7. The third-order valence-electron chi connectivity index (χ3n) is 10.9. The maximum atomic E-state index is 4.95. The average Bonchev–Trinajstić information content (AvgIpc) is 3.22. The molecule has 2 rings (SSSR count). The fraction of sp³-hybridized carbons (Fsp3) is 0.667. The normalized spacial score (nSPS) is 11.2. The molecule has 0 aliphatic rings. The number of unbranched alkanes of at least 4 members (excludes halogenated alkanes) is 29. The molecule has 0 saturated carbocycles. The Labute approximate surface area is 364 Å². The predicted octanol–water partition coefficient (Wildman–Crippen LogP) is 17.8. The molecule has 0 N–H and O–H groups in total. The zero-order chi connectivity index (χ0) is 39.8. The van der Waals surface area contributed by atoms with Gasteiger partial charge in [0.25, 0.3) is 0 Å². The van der Waals surface area contributed by atoms with E-state index in [1.165, 1.54) is 180 Å². The van der Waals surface area contributed by atoms with E-state index in [4.69, 9.17) is 9.98 Å². The van der Waals surface area contributed by atoms with Gasteiger partial charge in [-0.2, -0.15) is 0 Å². The Kier molecular flexibility index (Phi) is 37.0. The molecule has 0 aliphatic heterocycles. The van der Waals surface area contributed by atoms with Gasteiger partial charge in [-0.1, -0.05) is 218 Å². The minimum Gasteiger partial charge on any atom is -0.255 e. The molecule has 320 valence electrons. The van der Waals surface area contributed by atoms with Crippen LogP contribution in [0, 0.1) is 23.7 Å². The Morgan fingerprint density at radius 3 is 1.07 bits per heavy atom. The molecule has 0 radical (unpaired) electrons. The van der Waals surface area contributed by atoms with Gasteiger partial charge in [0.05, 0.1) is 17.1 Å². The SMILES string of the molecule is CCCCCCCCCCCCCCCCC#Cc1ccc(N=CC(CCCC)=Nc2ccc(C#CCCCCCCCCCCCCCCCC)cc2)cc1.[Ni]. The molecule has 0 bridgehead atoms. The van der Waals surface area contributed by atoms with Crippen molar-refractivity contribution in [2.24, 2.45) is 9.98 Å². The van der Waals surface area contributed by atoms with Gasteiger partial charge in [0.2, 0.25) is 0 Å². The summed E-state index contributed by atoms with van der Waals surface area (Å²) in [7, 11) is 0. The molecule has 2 aromatic carbocycles. The minimum atomic E-state index is 0. The predicted molar refractivity (Wildman–Crippen MR) is 251 cm³/mol. The van der Waals surface area contributed by atoms with Crippen molar-refractivity contribution in [3.63, 3.8) is 0 Å². The first-order valence-corrected chi connectivity index (χ1v) is 24.0. The van der Waals surface area contributed by atoms with Gasteiger partial charge in [-0.3, -0.25) is 9.98 Å². The summed E-state index contributed by atoms with van der Waals surface area (Å²) >= 11 is 0. The van der Waals surface area contributed by atoms with E-state index in [2.05, 4.69) is 93.0 Å². The molecule has 2 aromatic rings. The van der Waals surface area contributed by atoms with E-state index >= 15 is 0 Å². The molecule has 0 heterocycles. The largest absolute Gasteiger partial charge is 0.255 e. The van der Waals surface area contributed by atoms with Gasteiger partial charge in [0.15, 0.2) is 0 Å². The number of hydrogen-bond donors (Lipinski definition) is 0. The number of benzene rings is 2. The Balaban J connectivity index is 0.0000162. The molecule has 0 saturated heterocycles. The Morgan fingerprint density at radius 1 is 0.404 bits per heavy atom. The summed E-state index contributed by atoms with van der Waals surface area (Å²) < 4.78 is 0. The number of nitrogens with zero attached hydrogens (tertiary/aromatic N) is 2. The molecule has 0 aliphatic carbocycles. The van der Waals surface area contributed by atoms with E-state index in [1.807, 2.05) is 6.21 Å². The molecular formula is C54H84N2Ni. The molecule has 0 fully saturated rings. The van der Waals surface area contributed by atoms with Gasteiger partial charge in [0.1, 0.15) is 0 Å². The van der Waals surface area contributed by atoms with Crippen LogP contribution in [-0.4, -0.2) is 11.9 Å². The maximum Gasteiger partial charge on any atom is 0.0634 e. The van der Waals surface area contributed by atoms with Crippen LogP contribution >= 0.6 is 0 Å². The first-order chi connectivity index (χ1) is 27.7. The van der Waals surface area contributed by atoms with Crippen LogP contribution < -0.4 is 0 Å². The van der Waals surface area contributed by atoms with Gasteiger partial charge < -0.3 is 0 Å². The zero-order valence-electron chi connectivity index (χ0n) is 37.2. The second kappa shape index (κ2) is 40.2. The first-order valence-electron chi connectivity index (χ1n) is 24.0. The van der Waals surface area contributed by atoms with E-state index in [9.17, 15) is 0 Å². The van der Waals surface area contributed by atoms with Crippen LogP contribution in [0.3, 0.4) is 0 Å². The van der Waals surface area contributed by atoms with Crippen LogP contribution in [0.1, 0.15) is 244 Å². The van der Waals surface area contributed by atoms with Gasteiger partial charge in [-0.25, -0.2) is 0 Å². The van der Waals surface area contributed by atoms with Gasteiger partial charge in [0, 0.05) is 46.7 Å². The molecule has 0 aromatic heterocycles. The maximum absolute atomic E-state index is 4.95. The molecule has 0 atom stereocenters. The molecule has 0 spiro atoms. The monoisotopic (exact) mass is 819 g/mol. The molecule has 0 unspecified atom stereocenters. The summed E-state index contributed by atoms with van der Waals surface area (Å²) in [5, 5.41) is 0. The summed E-state index contributed by atoms with van der Waals surface area (Å²) in [4.78, 5) is 9.73. The van der Waals surface area contributed by atoms with Crippen LogP contribution in [-0.2, 0) is 16.5 Å². The first kappa shape index (κ1) is 52.4.